The van der Waals surface area contributed by atoms with Crippen molar-refractivity contribution in [1.82, 2.24) is 0 Å². The highest BCUT2D eigenvalue weighted by molar-refractivity contribution is 5.94. The van der Waals surface area contributed by atoms with Gasteiger partial charge in [0.15, 0.2) is 0 Å². The molecule has 3 aliphatic rings. The number of carbonyl (C=O) groups excluding carboxylic acids is 2. The average molecular weight is 194 g/mol. The molecule has 2 bridgehead atoms. The summed E-state index contributed by atoms with van der Waals surface area (Å²) in [5.41, 5.74) is -0.563. The molecule has 0 aromatic carbocycles. The number of hydrogen-bond donors (Lipinski definition) is 0. The molecule has 14 heavy (non-hydrogen) atoms. The Labute approximate surface area is 85.1 Å². The lowest BCUT2D eigenvalue weighted by Crippen LogP contribution is -2.57. The molecule has 2 heteroatoms. The minimum absolute atomic E-state index is 0.0261. The molecular formula is C12H18O2. The summed E-state index contributed by atoms with van der Waals surface area (Å²) in [6.07, 6.45) is 3.93. The largest absolute Gasteiger partial charge is 0.303 e. The topological polar surface area (TPSA) is 34.1 Å². The van der Waals surface area contributed by atoms with Crippen LogP contribution in [0.25, 0.3) is 0 Å². The Morgan fingerprint density at radius 2 is 2.00 bits per heavy atom. The molecule has 3 fully saturated rings. The molecule has 0 amide bonds. The predicted molar refractivity (Wildman–Crippen MR) is 53.8 cm³/mol. The average Bonchev–Trinajstić information content (AvgIpc) is 2.14. The second kappa shape index (κ2) is 2.68. The van der Waals surface area contributed by atoms with Crippen molar-refractivity contribution in [2.24, 2.45) is 22.7 Å². The van der Waals surface area contributed by atoms with E-state index >= 15 is 0 Å². The van der Waals surface area contributed by atoms with Gasteiger partial charge in [-0.25, -0.2) is 0 Å². The van der Waals surface area contributed by atoms with Gasteiger partial charge in [-0.15, -0.1) is 0 Å². The summed E-state index contributed by atoms with van der Waals surface area (Å²) in [6, 6.07) is 0. The molecule has 2 nitrogen and oxygen atoms in total. The SMILES string of the molecule is CC1(C)C(=O)C2(C)CCC1CC2C=O. The van der Waals surface area contributed by atoms with Gasteiger partial charge in [0.1, 0.15) is 12.1 Å². The van der Waals surface area contributed by atoms with Crippen molar-refractivity contribution in [3.8, 4) is 0 Å². The van der Waals surface area contributed by atoms with E-state index in [1.54, 1.807) is 0 Å². The van der Waals surface area contributed by atoms with Crippen LogP contribution in [-0.4, -0.2) is 12.1 Å². The summed E-state index contributed by atoms with van der Waals surface area (Å²) < 4.78 is 0. The summed E-state index contributed by atoms with van der Waals surface area (Å²) in [4.78, 5) is 23.2. The third-order valence-corrected chi connectivity index (χ3v) is 4.66. The standard InChI is InChI=1S/C12H18O2/c1-11(2)8-4-5-12(3,10(11)14)9(6-8)7-13/h7-9H,4-6H2,1-3H3. The Hall–Kier alpha value is -0.660. The highest BCUT2D eigenvalue weighted by Crippen LogP contribution is 2.57. The Bertz CT molecular complexity index is 293. The smallest absolute Gasteiger partial charge is 0.145 e. The molecule has 0 saturated heterocycles. The van der Waals surface area contributed by atoms with Gasteiger partial charge in [0.05, 0.1) is 0 Å². The summed E-state index contributed by atoms with van der Waals surface area (Å²) in [5, 5.41) is 0. The van der Waals surface area contributed by atoms with E-state index in [1.165, 1.54) is 0 Å². The highest BCUT2D eigenvalue weighted by Gasteiger charge is 2.58. The van der Waals surface area contributed by atoms with Gasteiger partial charge in [0, 0.05) is 16.7 Å². The fourth-order valence-corrected chi connectivity index (χ4v) is 3.41. The van der Waals surface area contributed by atoms with Crippen LogP contribution < -0.4 is 0 Å². The fourth-order valence-electron chi connectivity index (χ4n) is 3.41. The Morgan fingerprint density at radius 3 is 2.57 bits per heavy atom. The first-order valence-corrected chi connectivity index (χ1v) is 5.43. The van der Waals surface area contributed by atoms with Gasteiger partial charge in [-0.05, 0) is 25.2 Å². The first-order chi connectivity index (χ1) is 6.43. The second-order valence-electron chi connectivity index (χ2n) is 5.68. The van der Waals surface area contributed by atoms with Gasteiger partial charge in [-0.2, -0.15) is 0 Å². The van der Waals surface area contributed by atoms with Crippen LogP contribution in [0, 0.1) is 22.7 Å². The molecule has 0 aromatic rings. The van der Waals surface area contributed by atoms with Crippen molar-refractivity contribution in [1.29, 1.82) is 0 Å². The molecule has 3 atom stereocenters. The lowest BCUT2D eigenvalue weighted by Gasteiger charge is -2.55. The Morgan fingerprint density at radius 1 is 1.36 bits per heavy atom. The maximum absolute atomic E-state index is 12.2. The molecule has 0 heterocycles. The van der Waals surface area contributed by atoms with Crippen LogP contribution in [0.1, 0.15) is 40.0 Å². The zero-order chi connectivity index (χ0) is 10.6. The van der Waals surface area contributed by atoms with Crippen LogP contribution in [0.2, 0.25) is 0 Å². The minimum Gasteiger partial charge on any atom is -0.303 e. The van der Waals surface area contributed by atoms with Crippen molar-refractivity contribution in [2.45, 2.75) is 40.0 Å². The second-order valence-corrected chi connectivity index (χ2v) is 5.68. The Kier molecular flexibility index (Phi) is 1.89. The molecule has 0 aromatic heterocycles. The number of hydrogen-bond acceptors (Lipinski definition) is 2. The van der Waals surface area contributed by atoms with Gasteiger partial charge in [0.2, 0.25) is 0 Å². The number of Topliss-reactive ketones (excluding diaryl/α,β-unsaturated/α-hetero) is 1. The van der Waals surface area contributed by atoms with Gasteiger partial charge >= 0.3 is 0 Å². The number of aldehydes is 1. The number of rotatable bonds is 1. The van der Waals surface area contributed by atoms with Gasteiger partial charge < -0.3 is 4.79 Å². The fraction of sp³-hybridized carbons (Fsp3) is 0.833. The lowest BCUT2D eigenvalue weighted by atomic mass is 9.47. The molecule has 3 aliphatic carbocycles. The van der Waals surface area contributed by atoms with E-state index in [0.29, 0.717) is 11.7 Å². The molecule has 0 N–H and O–H groups in total. The quantitative estimate of drug-likeness (QED) is 0.600. The maximum atomic E-state index is 12.2. The van der Waals surface area contributed by atoms with E-state index in [9.17, 15) is 9.59 Å². The van der Waals surface area contributed by atoms with E-state index in [1.807, 2.05) is 20.8 Å². The zero-order valence-corrected chi connectivity index (χ0v) is 9.17. The number of carbonyl (C=O) groups is 2. The predicted octanol–water partition coefficient (Wildman–Crippen LogP) is 2.22. The van der Waals surface area contributed by atoms with Crippen LogP contribution in [0.3, 0.4) is 0 Å². The third kappa shape index (κ3) is 0.971. The van der Waals surface area contributed by atoms with Crippen molar-refractivity contribution >= 4 is 12.1 Å². The van der Waals surface area contributed by atoms with Crippen LogP contribution in [-0.2, 0) is 9.59 Å². The molecular weight excluding hydrogens is 176 g/mol. The molecule has 0 radical (unpaired) electrons. The first-order valence-electron chi connectivity index (χ1n) is 5.43. The number of ketones is 1. The van der Waals surface area contributed by atoms with Crippen LogP contribution >= 0.6 is 0 Å². The van der Waals surface area contributed by atoms with Crippen molar-refractivity contribution in [2.75, 3.05) is 0 Å². The van der Waals surface area contributed by atoms with E-state index in [0.717, 1.165) is 25.5 Å². The number of fused-ring (bicyclic) bond motifs is 3. The summed E-state index contributed by atoms with van der Waals surface area (Å²) in [7, 11) is 0. The molecule has 3 unspecified atom stereocenters. The summed E-state index contributed by atoms with van der Waals surface area (Å²) in [5.74, 6) is 0.707. The van der Waals surface area contributed by atoms with E-state index in [2.05, 4.69) is 0 Å². The van der Waals surface area contributed by atoms with Crippen LogP contribution in [0.15, 0.2) is 0 Å². The highest BCUT2D eigenvalue weighted by atomic mass is 16.1. The van der Waals surface area contributed by atoms with Crippen molar-refractivity contribution in [3.63, 3.8) is 0 Å². The Balaban J connectivity index is 2.43. The zero-order valence-electron chi connectivity index (χ0n) is 9.17. The normalized spacial score (nSPS) is 45.2. The first kappa shape index (κ1) is 9.88. The van der Waals surface area contributed by atoms with Crippen LogP contribution in [0.5, 0.6) is 0 Å². The molecule has 0 aliphatic heterocycles. The van der Waals surface area contributed by atoms with Crippen molar-refractivity contribution < 1.29 is 9.59 Å². The summed E-state index contributed by atoms with van der Waals surface area (Å²) in [6.45, 7) is 6.06. The van der Waals surface area contributed by atoms with E-state index < -0.39 is 0 Å². The van der Waals surface area contributed by atoms with Gasteiger partial charge in [-0.3, -0.25) is 4.79 Å². The van der Waals surface area contributed by atoms with E-state index in [4.69, 9.17) is 0 Å². The van der Waals surface area contributed by atoms with Gasteiger partial charge in [0.25, 0.3) is 0 Å². The molecule has 78 valence electrons. The van der Waals surface area contributed by atoms with Crippen LogP contribution in [0.4, 0.5) is 0 Å². The van der Waals surface area contributed by atoms with Gasteiger partial charge in [-0.1, -0.05) is 20.8 Å². The molecule has 3 rings (SSSR count). The lowest BCUT2D eigenvalue weighted by molar-refractivity contribution is -0.162. The minimum atomic E-state index is -0.361. The summed E-state index contributed by atoms with van der Waals surface area (Å²) >= 11 is 0. The van der Waals surface area contributed by atoms with E-state index in [-0.39, 0.29) is 16.7 Å². The van der Waals surface area contributed by atoms with Crippen molar-refractivity contribution in [3.05, 3.63) is 0 Å². The monoisotopic (exact) mass is 194 g/mol. The third-order valence-electron chi connectivity index (χ3n) is 4.66. The maximum Gasteiger partial charge on any atom is 0.145 e. The molecule has 0 spiro atoms. The molecule has 3 saturated carbocycles.